The van der Waals surface area contributed by atoms with E-state index in [2.05, 4.69) is 20.5 Å². The number of carbonyl (C=O) groups is 1. The summed E-state index contributed by atoms with van der Waals surface area (Å²) in [5.41, 5.74) is 2.14. The Hall–Kier alpha value is -3.06. The third-order valence-corrected chi connectivity index (χ3v) is 4.66. The van der Waals surface area contributed by atoms with Gasteiger partial charge in [0.05, 0.1) is 5.52 Å². The van der Waals surface area contributed by atoms with Gasteiger partial charge in [0.15, 0.2) is 10.8 Å². The van der Waals surface area contributed by atoms with Crippen LogP contribution in [0.1, 0.15) is 20.9 Å². The van der Waals surface area contributed by atoms with Crippen molar-refractivity contribution in [3.63, 3.8) is 0 Å². The SMILES string of the molecule is O=C(Nc1ncc(Cc2ccc(F)cc2)s1)c1n[nH]c2ccccc12. The minimum absolute atomic E-state index is 0.257. The number of benzene rings is 2. The van der Waals surface area contributed by atoms with Crippen molar-refractivity contribution in [2.75, 3.05) is 5.32 Å². The summed E-state index contributed by atoms with van der Waals surface area (Å²) in [5.74, 6) is -0.563. The summed E-state index contributed by atoms with van der Waals surface area (Å²) in [5, 5.41) is 11.0. The Bertz CT molecular complexity index is 1040. The highest BCUT2D eigenvalue weighted by atomic mass is 32.1. The molecule has 2 aromatic heterocycles. The topological polar surface area (TPSA) is 70.7 Å². The first-order chi connectivity index (χ1) is 12.2. The maximum absolute atomic E-state index is 13.0. The summed E-state index contributed by atoms with van der Waals surface area (Å²) in [6.45, 7) is 0. The van der Waals surface area contributed by atoms with E-state index in [9.17, 15) is 9.18 Å². The van der Waals surface area contributed by atoms with Crippen LogP contribution in [0.15, 0.2) is 54.7 Å². The molecule has 0 aliphatic carbocycles. The second kappa shape index (κ2) is 6.45. The molecule has 4 aromatic rings. The van der Waals surface area contributed by atoms with E-state index in [4.69, 9.17) is 0 Å². The van der Waals surface area contributed by atoms with Gasteiger partial charge in [-0.2, -0.15) is 5.10 Å². The molecule has 2 N–H and O–H groups in total. The number of rotatable bonds is 4. The molecule has 2 aromatic carbocycles. The van der Waals surface area contributed by atoms with Crippen molar-refractivity contribution in [3.05, 3.63) is 76.7 Å². The van der Waals surface area contributed by atoms with Gasteiger partial charge in [-0.3, -0.25) is 15.2 Å². The first-order valence-electron chi connectivity index (χ1n) is 7.62. The number of halogens is 1. The molecular weight excluding hydrogens is 339 g/mol. The van der Waals surface area contributed by atoms with Crippen LogP contribution in [0.4, 0.5) is 9.52 Å². The van der Waals surface area contributed by atoms with Crippen molar-refractivity contribution in [2.45, 2.75) is 6.42 Å². The van der Waals surface area contributed by atoms with Crippen molar-refractivity contribution in [1.82, 2.24) is 15.2 Å². The van der Waals surface area contributed by atoms with Gasteiger partial charge in [-0.05, 0) is 23.8 Å². The molecule has 1 amide bonds. The molecule has 7 heteroatoms. The Balaban J connectivity index is 1.49. The molecule has 0 aliphatic rings. The van der Waals surface area contributed by atoms with Crippen LogP contribution in [-0.2, 0) is 6.42 Å². The number of nitrogens with one attached hydrogen (secondary N) is 2. The van der Waals surface area contributed by atoms with E-state index in [1.54, 1.807) is 18.3 Å². The molecule has 0 unspecified atom stereocenters. The van der Waals surface area contributed by atoms with E-state index >= 15 is 0 Å². The lowest BCUT2D eigenvalue weighted by Crippen LogP contribution is -2.12. The molecule has 124 valence electrons. The third kappa shape index (κ3) is 3.27. The molecule has 0 bridgehead atoms. The Morgan fingerprint density at radius 2 is 1.96 bits per heavy atom. The van der Waals surface area contributed by atoms with Crippen molar-refractivity contribution < 1.29 is 9.18 Å². The number of fused-ring (bicyclic) bond motifs is 1. The number of hydrogen-bond donors (Lipinski definition) is 2. The van der Waals surface area contributed by atoms with Crippen LogP contribution in [0.2, 0.25) is 0 Å². The number of hydrogen-bond acceptors (Lipinski definition) is 4. The fourth-order valence-corrected chi connectivity index (χ4v) is 3.39. The number of thiazole rings is 1. The van der Waals surface area contributed by atoms with Gasteiger partial charge in [0.2, 0.25) is 0 Å². The minimum Gasteiger partial charge on any atom is -0.296 e. The van der Waals surface area contributed by atoms with Crippen molar-refractivity contribution in [1.29, 1.82) is 0 Å². The van der Waals surface area contributed by atoms with Crippen molar-refractivity contribution >= 4 is 33.3 Å². The molecule has 4 rings (SSSR count). The fourth-order valence-electron chi connectivity index (χ4n) is 2.54. The van der Waals surface area contributed by atoms with Crippen molar-refractivity contribution in [3.8, 4) is 0 Å². The number of nitrogens with zero attached hydrogens (tertiary/aromatic N) is 2. The van der Waals surface area contributed by atoms with E-state index in [1.807, 2.05) is 24.3 Å². The maximum Gasteiger partial charge on any atom is 0.278 e. The molecule has 0 fully saturated rings. The van der Waals surface area contributed by atoms with Gasteiger partial charge >= 0.3 is 0 Å². The van der Waals surface area contributed by atoms with E-state index in [0.717, 1.165) is 21.3 Å². The minimum atomic E-state index is -0.305. The molecule has 5 nitrogen and oxygen atoms in total. The van der Waals surface area contributed by atoms with Crippen LogP contribution < -0.4 is 5.32 Å². The number of H-pyrrole nitrogens is 1. The van der Waals surface area contributed by atoms with Gasteiger partial charge in [-0.25, -0.2) is 9.37 Å². The summed E-state index contributed by atoms with van der Waals surface area (Å²) in [4.78, 5) is 17.6. The number of aromatic nitrogens is 3. The van der Waals surface area contributed by atoms with E-state index in [-0.39, 0.29) is 11.7 Å². The van der Waals surface area contributed by atoms with Gasteiger partial charge in [-0.1, -0.05) is 30.3 Å². The van der Waals surface area contributed by atoms with Gasteiger partial charge < -0.3 is 0 Å². The molecule has 2 heterocycles. The second-order valence-corrected chi connectivity index (χ2v) is 6.62. The standard InChI is InChI=1S/C18H13FN4OS/c19-12-7-5-11(6-8-12)9-13-10-20-18(25-13)21-17(24)16-14-3-1-2-4-15(14)22-23-16/h1-8,10H,9H2,(H,22,23)(H,20,21,24). The highest BCUT2D eigenvalue weighted by molar-refractivity contribution is 7.15. The number of para-hydroxylation sites is 1. The highest BCUT2D eigenvalue weighted by Crippen LogP contribution is 2.23. The lowest BCUT2D eigenvalue weighted by atomic mass is 10.1. The van der Waals surface area contributed by atoms with Crippen LogP contribution in [-0.4, -0.2) is 21.1 Å². The van der Waals surface area contributed by atoms with Crippen molar-refractivity contribution in [2.24, 2.45) is 0 Å². The van der Waals surface area contributed by atoms with Crippen LogP contribution >= 0.6 is 11.3 Å². The summed E-state index contributed by atoms with van der Waals surface area (Å²) >= 11 is 1.39. The van der Waals surface area contributed by atoms with Crippen LogP contribution in [0.25, 0.3) is 10.9 Å². The zero-order valence-corrected chi connectivity index (χ0v) is 13.8. The zero-order valence-electron chi connectivity index (χ0n) is 13.0. The molecule has 0 radical (unpaired) electrons. The summed E-state index contributed by atoms with van der Waals surface area (Å²) in [6, 6.07) is 13.8. The molecular formula is C18H13FN4OS. The quantitative estimate of drug-likeness (QED) is 0.583. The second-order valence-electron chi connectivity index (χ2n) is 5.51. The first-order valence-corrected chi connectivity index (χ1v) is 8.44. The van der Waals surface area contributed by atoms with E-state index < -0.39 is 0 Å². The van der Waals surface area contributed by atoms with E-state index in [0.29, 0.717) is 17.2 Å². The third-order valence-electron chi connectivity index (χ3n) is 3.75. The molecule has 0 spiro atoms. The van der Waals surface area contributed by atoms with Crippen LogP contribution in [0.3, 0.4) is 0 Å². The summed E-state index contributed by atoms with van der Waals surface area (Å²) < 4.78 is 13.0. The average molecular weight is 352 g/mol. The van der Waals surface area contributed by atoms with Crippen LogP contribution in [0, 0.1) is 5.82 Å². The monoisotopic (exact) mass is 352 g/mol. The smallest absolute Gasteiger partial charge is 0.278 e. The Labute approximate surface area is 146 Å². The molecule has 0 saturated carbocycles. The van der Waals surface area contributed by atoms with Gasteiger partial charge in [0.1, 0.15) is 5.82 Å². The number of carbonyl (C=O) groups excluding carboxylic acids is 1. The lowest BCUT2D eigenvalue weighted by molar-refractivity contribution is 0.102. The summed E-state index contributed by atoms with van der Waals surface area (Å²) in [7, 11) is 0. The molecule has 0 saturated heterocycles. The predicted molar refractivity (Wildman–Crippen MR) is 95.4 cm³/mol. The largest absolute Gasteiger partial charge is 0.296 e. The van der Waals surface area contributed by atoms with Gasteiger partial charge in [0, 0.05) is 22.9 Å². The summed E-state index contributed by atoms with van der Waals surface area (Å²) in [6.07, 6.45) is 2.35. The van der Waals surface area contributed by atoms with E-state index in [1.165, 1.54) is 23.5 Å². The number of anilines is 1. The highest BCUT2D eigenvalue weighted by Gasteiger charge is 2.15. The van der Waals surface area contributed by atoms with Crippen LogP contribution in [0.5, 0.6) is 0 Å². The number of amides is 1. The van der Waals surface area contributed by atoms with Gasteiger partial charge in [0.25, 0.3) is 5.91 Å². The van der Waals surface area contributed by atoms with Gasteiger partial charge in [-0.15, -0.1) is 11.3 Å². The Morgan fingerprint density at radius 1 is 1.16 bits per heavy atom. The Morgan fingerprint density at radius 3 is 2.80 bits per heavy atom. The lowest BCUT2D eigenvalue weighted by Gasteiger charge is -1.99. The molecule has 25 heavy (non-hydrogen) atoms. The zero-order chi connectivity index (χ0) is 17.2. The predicted octanol–water partition coefficient (Wildman–Crippen LogP) is 4.00. The average Bonchev–Trinajstić information content (AvgIpc) is 3.23. The fraction of sp³-hybridized carbons (Fsp3) is 0.0556. The number of aromatic amines is 1. The molecule has 0 atom stereocenters. The Kier molecular flexibility index (Phi) is 3.99. The first kappa shape index (κ1) is 15.5. The maximum atomic E-state index is 13.0. The normalized spacial score (nSPS) is 10.9. The molecule has 0 aliphatic heterocycles.